The molecule has 20 heavy (non-hydrogen) atoms. The third-order valence-electron chi connectivity index (χ3n) is 3.11. The van der Waals surface area contributed by atoms with E-state index in [2.05, 4.69) is 11.0 Å². The molecule has 0 aliphatic rings. The van der Waals surface area contributed by atoms with Crippen LogP contribution in [-0.4, -0.2) is 17.6 Å². The summed E-state index contributed by atoms with van der Waals surface area (Å²) in [4.78, 5) is 13.0. The van der Waals surface area contributed by atoms with Crippen LogP contribution < -0.4 is 4.90 Å². The molecular weight excluding hydrogens is 274 g/mol. The summed E-state index contributed by atoms with van der Waals surface area (Å²) in [5, 5.41) is 9.42. The number of rotatable bonds is 4. The van der Waals surface area contributed by atoms with Crippen molar-refractivity contribution in [2.24, 2.45) is 0 Å². The maximum Gasteiger partial charge on any atom is 0.335 e. The molecule has 104 valence electrons. The van der Waals surface area contributed by atoms with Crippen molar-refractivity contribution in [2.45, 2.75) is 13.8 Å². The van der Waals surface area contributed by atoms with Gasteiger partial charge in [0.05, 0.1) is 16.3 Å². The van der Waals surface area contributed by atoms with E-state index < -0.39 is 5.97 Å². The number of halogens is 1. The predicted molar refractivity (Wildman–Crippen MR) is 82.3 cm³/mol. The predicted octanol–water partition coefficient (Wildman–Crippen LogP) is 4.50. The summed E-state index contributed by atoms with van der Waals surface area (Å²) in [5.74, 6) is -0.975. The SMILES string of the molecule is CCN(c1cccc(C)c1)c1ccc(C(=O)O)cc1Cl. The van der Waals surface area contributed by atoms with Crippen LogP contribution in [0.25, 0.3) is 0 Å². The lowest BCUT2D eigenvalue weighted by Crippen LogP contribution is -2.16. The number of hydrogen-bond donors (Lipinski definition) is 1. The van der Waals surface area contributed by atoms with Crippen molar-refractivity contribution in [3.05, 3.63) is 58.6 Å². The normalized spacial score (nSPS) is 10.3. The van der Waals surface area contributed by atoms with Crippen LogP contribution >= 0.6 is 11.6 Å². The van der Waals surface area contributed by atoms with Crippen molar-refractivity contribution in [1.29, 1.82) is 0 Å². The number of carboxylic acids is 1. The van der Waals surface area contributed by atoms with Crippen molar-refractivity contribution in [2.75, 3.05) is 11.4 Å². The number of aryl methyl sites for hydroxylation is 1. The minimum absolute atomic E-state index is 0.194. The fourth-order valence-electron chi connectivity index (χ4n) is 2.15. The molecule has 0 bridgehead atoms. The van der Waals surface area contributed by atoms with Crippen molar-refractivity contribution in [3.63, 3.8) is 0 Å². The second-order valence-corrected chi connectivity index (χ2v) is 4.96. The smallest absolute Gasteiger partial charge is 0.335 e. The van der Waals surface area contributed by atoms with Crippen LogP contribution in [0, 0.1) is 6.92 Å². The topological polar surface area (TPSA) is 40.5 Å². The van der Waals surface area contributed by atoms with Crippen LogP contribution in [0.15, 0.2) is 42.5 Å². The molecule has 0 amide bonds. The fraction of sp³-hybridized carbons (Fsp3) is 0.188. The summed E-state index contributed by atoms with van der Waals surface area (Å²) >= 11 is 6.23. The largest absolute Gasteiger partial charge is 0.478 e. The average molecular weight is 290 g/mol. The molecule has 0 radical (unpaired) electrons. The molecule has 0 fully saturated rings. The minimum Gasteiger partial charge on any atom is -0.478 e. The lowest BCUT2D eigenvalue weighted by atomic mass is 10.1. The van der Waals surface area contributed by atoms with Gasteiger partial charge in [0.15, 0.2) is 0 Å². The van der Waals surface area contributed by atoms with Gasteiger partial charge in [0.2, 0.25) is 0 Å². The van der Waals surface area contributed by atoms with Crippen molar-refractivity contribution in [3.8, 4) is 0 Å². The molecule has 2 rings (SSSR count). The van der Waals surface area contributed by atoms with Gasteiger partial charge in [-0.1, -0.05) is 23.7 Å². The van der Waals surface area contributed by atoms with Crippen molar-refractivity contribution in [1.82, 2.24) is 0 Å². The highest BCUT2D eigenvalue weighted by Crippen LogP contribution is 2.32. The van der Waals surface area contributed by atoms with Crippen molar-refractivity contribution >= 4 is 28.9 Å². The fourth-order valence-corrected chi connectivity index (χ4v) is 2.43. The van der Waals surface area contributed by atoms with E-state index in [1.165, 1.54) is 11.6 Å². The van der Waals surface area contributed by atoms with Gasteiger partial charge in [0.1, 0.15) is 0 Å². The van der Waals surface area contributed by atoms with E-state index in [4.69, 9.17) is 16.7 Å². The standard InChI is InChI=1S/C16H16ClNO2/c1-3-18(13-6-4-5-11(2)9-13)15-8-7-12(16(19)20)10-14(15)17/h4-10H,3H2,1-2H3,(H,19,20). The van der Waals surface area contributed by atoms with E-state index in [1.807, 2.05) is 32.0 Å². The molecule has 4 heteroatoms. The zero-order valence-corrected chi connectivity index (χ0v) is 12.2. The van der Waals surface area contributed by atoms with E-state index in [9.17, 15) is 4.79 Å². The summed E-state index contributed by atoms with van der Waals surface area (Å²) < 4.78 is 0. The zero-order valence-electron chi connectivity index (χ0n) is 11.4. The first-order valence-corrected chi connectivity index (χ1v) is 6.77. The number of benzene rings is 2. The Labute approximate surface area is 123 Å². The number of aromatic carboxylic acids is 1. The molecular formula is C16H16ClNO2. The first-order chi connectivity index (χ1) is 9.52. The van der Waals surface area contributed by atoms with Gasteiger partial charge in [0.25, 0.3) is 0 Å². The molecule has 0 atom stereocenters. The van der Waals surface area contributed by atoms with E-state index >= 15 is 0 Å². The van der Waals surface area contributed by atoms with E-state index in [-0.39, 0.29) is 5.56 Å². The first kappa shape index (κ1) is 14.4. The van der Waals surface area contributed by atoms with Crippen LogP contribution in [0.4, 0.5) is 11.4 Å². The number of hydrogen-bond acceptors (Lipinski definition) is 2. The first-order valence-electron chi connectivity index (χ1n) is 6.40. The third-order valence-corrected chi connectivity index (χ3v) is 3.42. The Bertz CT molecular complexity index is 640. The monoisotopic (exact) mass is 289 g/mol. The van der Waals surface area contributed by atoms with Gasteiger partial charge in [0, 0.05) is 12.2 Å². The highest BCUT2D eigenvalue weighted by atomic mass is 35.5. The average Bonchev–Trinajstić information content (AvgIpc) is 2.41. The van der Waals surface area contributed by atoms with Gasteiger partial charge in [-0.2, -0.15) is 0 Å². The van der Waals surface area contributed by atoms with Gasteiger partial charge < -0.3 is 10.0 Å². The van der Waals surface area contributed by atoms with Crippen molar-refractivity contribution < 1.29 is 9.90 Å². The molecule has 2 aromatic rings. The Balaban J connectivity index is 2.44. The number of anilines is 2. The van der Waals surface area contributed by atoms with E-state index in [0.29, 0.717) is 5.02 Å². The van der Waals surface area contributed by atoms with Crippen LogP contribution in [-0.2, 0) is 0 Å². The van der Waals surface area contributed by atoms with Gasteiger partial charge in [-0.3, -0.25) is 0 Å². The molecule has 0 aliphatic carbocycles. The van der Waals surface area contributed by atoms with Gasteiger partial charge in [-0.25, -0.2) is 4.79 Å². The lowest BCUT2D eigenvalue weighted by molar-refractivity contribution is 0.0697. The third kappa shape index (κ3) is 2.94. The number of carbonyl (C=O) groups is 1. The summed E-state index contributed by atoms with van der Waals surface area (Å²) in [6.45, 7) is 4.81. The van der Waals surface area contributed by atoms with Gasteiger partial charge >= 0.3 is 5.97 Å². The highest BCUT2D eigenvalue weighted by Gasteiger charge is 2.13. The minimum atomic E-state index is -0.975. The van der Waals surface area contributed by atoms with E-state index in [1.54, 1.807) is 12.1 Å². The Kier molecular flexibility index (Phi) is 4.30. The summed E-state index contributed by atoms with van der Waals surface area (Å²) in [6, 6.07) is 12.9. The quantitative estimate of drug-likeness (QED) is 0.900. The zero-order chi connectivity index (χ0) is 14.7. The van der Waals surface area contributed by atoms with Crippen LogP contribution in [0.3, 0.4) is 0 Å². The van der Waals surface area contributed by atoms with Crippen LogP contribution in [0.5, 0.6) is 0 Å². The molecule has 0 unspecified atom stereocenters. The molecule has 0 aromatic heterocycles. The highest BCUT2D eigenvalue weighted by molar-refractivity contribution is 6.33. The summed E-state index contributed by atoms with van der Waals surface area (Å²) in [6.07, 6.45) is 0. The molecule has 1 N–H and O–H groups in total. The Morgan fingerprint density at radius 1 is 1.25 bits per heavy atom. The van der Waals surface area contributed by atoms with Gasteiger partial charge in [-0.05, 0) is 49.7 Å². The Morgan fingerprint density at radius 2 is 2.00 bits per heavy atom. The molecule has 2 aromatic carbocycles. The molecule has 3 nitrogen and oxygen atoms in total. The number of nitrogens with zero attached hydrogens (tertiary/aromatic N) is 1. The molecule has 0 saturated heterocycles. The molecule has 0 heterocycles. The molecule has 0 spiro atoms. The lowest BCUT2D eigenvalue weighted by Gasteiger charge is -2.25. The van der Waals surface area contributed by atoms with E-state index in [0.717, 1.165) is 17.9 Å². The number of carboxylic acid groups (broad SMARTS) is 1. The maximum atomic E-state index is 10.9. The Hall–Kier alpha value is -2.00. The second kappa shape index (κ2) is 5.97. The van der Waals surface area contributed by atoms with Crippen LogP contribution in [0.2, 0.25) is 5.02 Å². The van der Waals surface area contributed by atoms with Crippen LogP contribution in [0.1, 0.15) is 22.8 Å². The maximum absolute atomic E-state index is 10.9. The second-order valence-electron chi connectivity index (χ2n) is 4.55. The summed E-state index contributed by atoms with van der Waals surface area (Å²) in [5.41, 5.74) is 3.21. The van der Waals surface area contributed by atoms with Gasteiger partial charge in [-0.15, -0.1) is 0 Å². The Morgan fingerprint density at radius 3 is 2.55 bits per heavy atom. The molecule has 0 aliphatic heterocycles. The summed E-state index contributed by atoms with van der Waals surface area (Å²) in [7, 11) is 0. The molecule has 0 saturated carbocycles.